The van der Waals surface area contributed by atoms with Crippen molar-refractivity contribution in [2.75, 3.05) is 19.9 Å². The fourth-order valence-electron chi connectivity index (χ4n) is 2.18. The number of nitrogens with one attached hydrogen (secondary N) is 1. The number of fused-ring (bicyclic) bond motifs is 1. The molecule has 1 aliphatic rings. The van der Waals surface area contributed by atoms with Gasteiger partial charge in [-0.3, -0.25) is 4.99 Å². The van der Waals surface area contributed by atoms with Crippen molar-refractivity contribution in [3.63, 3.8) is 0 Å². The van der Waals surface area contributed by atoms with Gasteiger partial charge in [-0.25, -0.2) is 4.39 Å². The molecule has 1 aromatic rings. The summed E-state index contributed by atoms with van der Waals surface area (Å²) in [4.78, 5) is 4.21. The number of aliphatic imine (C=N–C) groups is 1. The van der Waals surface area contributed by atoms with Crippen molar-refractivity contribution in [2.24, 2.45) is 10.7 Å². The van der Waals surface area contributed by atoms with Crippen LogP contribution in [0.4, 0.5) is 4.39 Å². The van der Waals surface area contributed by atoms with Gasteiger partial charge >= 0.3 is 0 Å². The average molecular weight is 295 g/mol. The first-order chi connectivity index (χ1) is 10.2. The first-order valence-corrected chi connectivity index (χ1v) is 7.26. The number of hydrogen-bond donors (Lipinski definition) is 2. The molecule has 0 aliphatic carbocycles. The van der Waals surface area contributed by atoms with Crippen molar-refractivity contribution in [1.82, 2.24) is 5.32 Å². The van der Waals surface area contributed by atoms with Crippen LogP contribution in [-0.2, 0) is 17.8 Å². The minimum absolute atomic E-state index is 0.208. The summed E-state index contributed by atoms with van der Waals surface area (Å²) in [6, 6.07) is 2.95. The van der Waals surface area contributed by atoms with Crippen LogP contribution < -0.4 is 15.8 Å². The molecule has 0 bridgehead atoms. The van der Waals surface area contributed by atoms with E-state index < -0.39 is 0 Å². The van der Waals surface area contributed by atoms with E-state index in [4.69, 9.17) is 15.2 Å². The zero-order chi connectivity index (χ0) is 15.1. The predicted molar refractivity (Wildman–Crippen MR) is 79.8 cm³/mol. The third-order valence-corrected chi connectivity index (χ3v) is 3.25. The topological polar surface area (TPSA) is 68.9 Å². The van der Waals surface area contributed by atoms with E-state index >= 15 is 0 Å². The van der Waals surface area contributed by atoms with Crippen LogP contribution in [0.3, 0.4) is 0 Å². The Morgan fingerprint density at radius 2 is 2.33 bits per heavy atom. The summed E-state index contributed by atoms with van der Waals surface area (Å²) >= 11 is 0. The molecule has 0 unspecified atom stereocenters. The molecule has 0 fully saturated rings. The van der Waals surface area contributed by atoms with E-state index in [1.807, 2.05) is 0 Å². The highest BCUT2D eigenvalue weighted by atomic mass is 19.1. The van der Waals surface area contributed by atoms with Crippen LogP contribution in [0.5, 0.6) is 5.75 Å². The fraction of sp³-hybridized carbons (Fsp3) is 0.533. The van der Waals surface area contributed by atoms with Gasteiger partial charge in [0.2, 0.25) is 0 Å². The van der Waals surface area contributed by atoms with Crippen LogP contribution in [0.1, 0.15) is 30.9 Å². The summed E-state index contributed by atoms with van der Waals surface area (Å²) in [7, 11) is 0. The molecule has 5 nitrogen and oxygen atoms in total. The number of nitrogens with zero attached hydrogens (tertiary/aromatic N) is 1. The second-order valence-corrected chi connectivity index (χ2v) is 4.96. The van der Waals surface area contributed by atoms with E-state index in [2.05, 4.69) is 17.2 Å². The molecule has 116 valence electrons. The molecule has 1 aromatic carbocycles. The van der Waals surface area contributed by atoms with Crippen LogP contribution in [0.15, 0.2) is 17.1 Å². The van der Waals surface area contributed by atoms with Gasteiger partial charge in [-0.1, -0.05) is 13.3 Å². The van der Waals surface area contributed by atoms with Gasteiger partial charge in [0.05, 0.1) is 6.61 Å². The lowest BCUT2D eigenvalue weighted by Crippen LogP contribution is -2.33. The lowest BCUT2D eigenvalue weighted by Gasteiger charge is -2.21. The van der Waals surface area contributed by atoms with Crippen LogP contribution in [0.25, 0.3) is 0 Å². The maximum atomic E-state index is 13.6. The summed E-state index contributed by atoms with van der Waals surface area (Å²) in [6.45, 7) is 4.01. The number of ether oxygens (including phenoxy) is 2. The Hall–Kier alpha value is -1.82. The third-order valence-electron chi connectivity index (χ3n) is 3.25. The number of hydrogen-bond acceptors (Lipinski definition) is 3. The third kappa shape index (κ3) is 4.60. The summed E-state index contributed by atoms with van der Waals surface area (Å²) in [5, 5.41) is 3.03. The highest BCUT2D eigenvalue weighted by Gasteiger charge is 2.16. The highest BCUT2D eigenvalue weighted by Crippen LogP contribution is 2.29. The first-order valence-electron chi connectivity index (χ1n) is 7.26. The van der Waals surface area contributed by atoms with Crippen molar-refractivity contribution in [3.05, 3.63) is 29.1 Å². The lowest BCUT2D eigenvalue weighted by molar-refractivity contribution is -0.0172. The molecule has 0 radical (unpaired) electrons. The average Bonchev–Trinajstić information content (AvgIpc) is 2.47. The van der Waals surface area contributed by atoms with Gasteiger partial charge in [-0.2, -0.15) is 0 Å². The zero-order valence-electron chi connectivity index (χ0n) is 12.3. The van der Waals surface area contributed by atoms with Gasteiger partial charge in [0, 0.05) is 18.7 Å². The molecule has 0 saturated heterocycles. The van der Waals surface area contributed by atoms with Gasteiger partial charge < -0.3 is 20.5 Å². The highest BCUT2D eigenvalue weighted by molar-refractivity contribution is 5.77. The Balaban J connectivity index is 1.91. The summed E-state index contributed by atoms with van der Waals surface area (Å²) in [6.07, 6.45) is 2.73. The molecule has 0 atom stereocenters. The van der Waals surface area contributed by atoms with Crippen molar-refractivity contribution in [1.29, 1.82) is 0 Å². The van der Waals surface area contributed by atoms with E-state index in [0.717, 1.165) is 36.3 Å². The van der Waals surface area contributed by atoms with Gasteiger partial charge in [0.1, 0.15) is 11.6 Å². The molecule has 1 aliphatic heterocycles. The molecular formula is C15H22FN3O2. The molecule has 2 rings (SSSR count). The van der Waals surface area contributed by atoms with Gasteiger partial charge in [0.15, 0.2) is 12.8 Å². The van der Waals surface area contributed by atoms with Crippen molar-refractivity contribution in [2.45, 2.75) is 32.8 Å². The number of benzene rings is 1. The molecule has 1 heterocycles. The molecular weight excluding hydrogens is 273 g/mol. The van der Waals surface area contributed by atoms with Crippen molar-refractivity contribution in [3.8, 4) is 5.75 Å². The normalized spacial score (nSPS) is 14.5. The molecule has 0 amide bonds. The van der Waals surface area contributed by atoms with Crippen LogP contribution in [-0.4, -0.2) is 25.8 Å². The molecule has 6 heteroatoms. The quantitative estimate of drug-likeness (QED) is 0.478. The minimum atomic E-state index is -0.276. The second kappa shape index (κ2) is 7.83. The van der Waals surface area contributed by atoms with Gasteiger partial charge in [-0.05, 0) is 30.5 Å². The minimum Gasteiger partial charge on any atom is -0.467 e. The van der Waals surface area contributed by atoms with Crippen LogP contribution >= 0.6 is 0 Å². The Morgan fingerprint density at radius 3 is 3.14 bits per heavy atom. The summed E-state index contributed by atoms with van der Waals surface area (Å²) < 4.78 is 24.2. The van der Waals surface area contributed by atoms with Gasteiger partial charge in [0.25, 0.3) is 0 Å². The Kier molecular flexibility index (Phi) is 5.80. The molecule has 3 N–H and O–H groups in total. The number of nitrogens with two attached hydrogens (primary N) is 1. The fourth-order valence-corrected chi connectivity index (χ4v) is 2.18. The van der Waals surface area contributed by atoms with Crippen molar-refractivity contribution < 1.29 is 13.9 Å². The summed E-state index contributed by atoms with van der Waals surface area (Å²) in [5.74, 6) is 0.881. The van der Waals surface area contributed by atoms with E-state index in [9.17, 15) is 4.39 Å². The first kappa shape index (κ1) is 15.6. The number of halogens is 1. The van der Waals surface area contributed by atoms with Crippen LogP contribution in [0.2, 0.25) is 0 Å². The van der Waals surface area contributed by atoms with E-state index in [1.54, 1.807) is 0 Å². The zero-order valence-corrected chi connectivity index (χ0v) is 12.3. The Bertz CT molecular complexity index is 506. The molecule has 0 aromatic heterocycles. The number of guanidine groups is 1. The molecule has 0 saturated carbocycles. The maximum Gasteiger partial charge on any atom is 0.189 e. The molecule has 21 heavy (non-hydrogen) atoms. The smallest absolute Gasteiger partial charge is 0.189 e. The van der Waals surface area contributed by atoms with E-state index in [1.165, 1.54) is 12.1 Å². The number of unbranched alkanes of at least 4 members (excludes halogenated alkanes) is 1. The van der Waals surface area contributed by atoms with E-state index in [0.29, 0.717) is 25.5 Å². The SMILES string of the molecule is CCCCN=C(N)NCCc1cc(F)cc2c1OCOC2. The van der Waals surface area contributed by atoms with Crippen molar-refractivity contribution >= 4 is 5.96 Å². The van der Waals surface area contributed by atoms with E-state index in [-0.39, 0.29) is 12.6 Å². The lowest BCUT2D eigenvalue weighted by atomic mass is 10.1. The molecule has 0 spiro atoms. The second-order valence-electron chi connectivity index (χ2n) is 4.96. The predicted octanol–water partition coefficient (Wildman–Crippen LogP) is 1.94. The standard InChI is InChI=1S/C15H22FN3O2/c1-2-3-5-18-15(17)19-6-4-11-7-13(16)8-12-9-20-10-21-14(11)12/h7-8H,2-6,9-10H2,1H3,(H3,17,18,19). The monoisotopic (exact) mass is 295 g/mol. The number of rotatable bonds is 6. The largest absolute Gasteiger partial charge is 0.467 e. The Labute approximate surface area is 124 Å². The van der Waals surface area contributed by atoms with Gasteiger partial charge in [-0.15, -0.1) is 0 Å². The maximum absolute atomic E-state index is 13.6. The van der Waals surface area contributed by atoms with Crippen LogP contribution in [0, 0.1) is 5.82 Å². The summed E-state index contributed by atoms with van der Waals surface area (Å²) in [5.41, 5.74) is 7.33. The Morgan fingerprint density at radius 1 is 1.48 bits per heavy atom.